The van der Waals surface area contributed by atoms with Crippen molar-refractivity contribution >= 4 is 22.2 Å². The lowest BCUT2D eigenvalue weighted by Crippen LogP contribution is -2.60. The van der Waals surface area contributed by atoms with Crippen LogP contribution in [0.2, 0.25) is 0 Å². The third kappa shape index (κ3) is 4.31. The Morgan fingerprint density at radius 2 is 1.76 bits per heavy atom. The maximum atomic E-state index is 11.8. The zero-order valence-electron chi connectivity index (χ0n) is 13.4. The second-order valence-corrected chi connectivity index (χ2v) is 7.04. The van der Waals surface area contributed by atoms with Crippen LogP contribution in [-0.4, -0.2) is 46.9 Å². The van der Waals surface area contributed by atoms with Gasteiger partial charge in [0.05, 0.1) is 0 Å². The second kappa shape index (κ2) is 6.18. The molecule has 0 radical (unpaired) electrons. The van der Waals surface area contributed by atoms with Gasteiger partial charge >= 0.3 is 10.3 Å². The maximum absolute atomic E-state index is 11.8. The summed E-state index contributed by atoms with van der Waals surface area (Å²) in [4.78, 5) is 8.53. The largest absolute Gasteiger partial charge is 0.364 e. The summed E-state index contributed by atoms with van der Waals surface area (Å²) in [5.74, 6) is 0.410. The first-order valence-electron chi connectivity index (χ1n) is 6.99. The minimum absolute atomic E-state index is 0.0486. The first-order valence-corrected chi connectivity index (χ1v) is 8.38. The number of hydrogen-bond acceptors (Lipinski definition) is 6. The normalized spacial score (nSPS) is 23.2. The summed E-state index contributed by atoms with van der Waals surface area (Å²) in [5, 5.41) is 6.01. The number of hydrogen-bond donors (Lipinski definition) is 3. The summed E-state index contributed by atoms with van der Waals surface area (Å²) >= 11 is 0. The summed E-state index contributed by atoms with van der Waals surface area (Å²) in [5.41, 5.74) is -1.14. The summed E-state index contributed by atoms with van der Waals surface area (Å²) in [6.07, 6.45) is 0.384. The molecule has 1 aliphatic rings. The van der Waals surface area contributed by atoms with E-state index in [2.05, 4.69) is 20.6 Å². The van der Waals surface area contributed by atoms with Gasteiger partial charge in [-0.1, -0.05) is 6.92 Å². The van der Waals surface area contributed by atoms with Crippen molar-refractivity contribution in [2.75, 3.05) is 0 Å². The summed E-state index contributed by atoms with van der Waals surface area (Å²) in [6.45, 7) is 11.0. The predicted octanol–water partition coefficient (Wildman–Crippen LogP) is 0.939. The van der Waals surface area contributed by atoms with Crippen LogP contribution in [0.15, 0.2) is 9.98 Å². The molecule has 0 bridgehead atoms. The van der Waals surface area contributed by atoms with Crippen LogP contribution in [-0.2, 0) is 10.3 Å². The number of rotatable bonds is 4. The molecule has 0 spiro atoms. The van der Waals surface area contributed by atoms with Crippen molar-refractivity contribution in [3.05, 3.63) is 0 Å². The van der Waals surface area contributed by atoms with E-state index in [1.807, 2.05) is 27.7 Å². The van der Waals surface area contributed by atoms with E-state index in [0.717, 1.165) is 4.31 Å². The van der Waals surface area contributed by atoms with Crippen LogP contribution in [0.25, 0.3) is 0 Å². The highest BCUT2D eigenvalue weighted by Gasteiger charge is 2.43. The highest BCUT2D eigenvalue weighted by Crippen LogP contribution is 2.27. The van der Waals surface area contributed by atoms with Crippen LogP contribution < -0.4 is 10.6 Å². The third-order valence-corrected chi connectivity index (χ3v) is 3.95. The summed E-state index contributed by atoms with van der Waals surface area (Å²) in [7, 11) is -4.49. The molecule has 0 aromatic rings. The molecule has 1 heterocycles. The van der Waals surface area contributed by atoms with E-state index in [1.54, 1.807) is 13.8 Å². The Labute approximate surface area is 126 Å². The third-order valence-electron chi connectivity index (χ3n) is 2.92. The quantitative estimate of drug-likeness (QED) is 0.669. The van der Waals surface area contributed by atoms with Crippen LogP contribution >= 0.6 is 0 Å². The molecule has 0 saturated carbocycles. The molecule has 0 fully saturated rings. The van der Waals surface area contributed by atoms with E-state index in [4.69, 9.17) is 0 Å². The summed E-state index contributed by atoms with van der Waals surface area (Å²) < 4.78 is 33.9. The minimum Gasteiger partial charge on any atom is -0.353 e. The standard InChI is InChI=1S/C12H25N5O3S/c1-7-12(6)16-10(13-8(2)3)15-11(14-9(4)5)17(12)21(18,19)20/h8-9H,7H2,1-6H3,(H,18,19,20)(H2,13,14,15,16). The van der Waals surface area contributed by atoms with Crippen LogP contribution in [0.1, 0.15) is 48.0 Å². The smallest absolute Gasteiger partial charge is 0.353 e. The van der Waals surface area contributed by atoms with E-state index in [1.165, 1.54) is 0 Å². The van der Waals surface area contributed by atoms with Gasteiger partial charge in [-0.3, -0.25) is 4.55 Å². The second-order valence-electron chi connectivity index (χ2n) is 5.78. The Morgan fingerprint density at radius 1 is 1.24 bits per heavy atom. The van der Waals surface area contributed by atoms with Crippen molar-refractivity contribution in [3.8, 4) is 0 Å². The average molecular weight is 319 g/mol. The molecule has 0 aliphatic carbocycles. The van der Waals surface area contributed by atoms with E-state index in [0.29, 0.717) is 12.4 Å². The average Bonchev–Trinajstić information content (AvgIpc) is 2.24. The molecule has 1 unspecified atom stereocenters. The lowest BCUT2D eigenvalue weighted by Gasteiger charge is -2.40. The molecule has 1 atom stereocenters. The molecular formula is C12H25N5O3S. The van der Waals surface area contributed by atoms with Gasteiger partial charge in [-0.15, -0.1) is 0 Å². The van der Waals surface area contributed by atoms with Crippen molar-refractivity contribution in [2.45, 2.75) is 65.7 Å². The van der Waals surface area contributed by atoms with Gasteiger partial charge < -0.3 is 10.6 Å². The first-order chi connectivity index (χ1) is 9.49. The number of guanidine groups is 2. The molecule has 1 aliphatic heterocycles. The lowest BCUT2D eigenvalue weighted by molar-refractivity contribution is 0.255. The number of aliphatic imine (C=N–C) groups is 2. The highest BCUT2D eigenvalue weighted by molar-refractivity contribution is 7.84. The van der Waals surface area contributed by atoms with Crippen molar-refractivity contribution in [3.63, 3.8) is 0 Å². The van der Waals surface area contributed by atoms with E-state index in [9.17, 15) is 13.0 Å². The van der Waals surface area contributed by atoms with Gasteiger partial charge in [0.15, 0.2) is 5.66 Å². The molecule has 8 nitrogen and oxygen atoms in total. The van der Waals surface area contributed by atoms with Gasteiger partial charge in [0.2, 0.25) is 11.9 Å². The van der Waals surface area contributed by atoms with Gasteiger partial charge in [-0.2, -0.15) is 17.7 Å². The Hall–Kier alpha value is -1.35. The van der Waals surface area contributed by atoms with Crippen LogP contribution in [0.3, 0.4) is 0 Å². The van der Waals surface area contributed by atoms with Gasteiger partial charge in [-0.05, 0) is 41.0 Å². The van der Waals surface area contributed by atoms with Crippen LogP contribution in [0.5, 0.6) is 0 Å². The topological polar surface area (TPSA) is 106 Å². The molecule has 21 heavy (non-hydrogen) atoms. The molecule has 3 N–H and O–H groups in total. The Kier molecular flexibility index (Phi) is 5.21. The Morgan fingerprint density at radius 3 is 2.14 bits per heavy atom. The molecule has 0 saturated heterocycles. The molecule has 9 heteroatoms. The van der Waals surface area contributed by atoms with Gasteiger partial charge in [0.25, 0.3) is 0 Å². The van der Waals surface area contributed by atoms with Crippen LogP contribution in [0.4, 0.5) is 0 Å². The van der Waals surface area contributed by atoms with Crippen molar-refractivity contribution in [1.82, 2.24) is 14.9 Å². The van der Waals surface area contributed by atoms with Gasteiger partial charge in [0.1, 0.15) is 0 Å². The first kappa shape index (κ1) is 17.7. The zero-order chi connectivity index (χ0) is 16.4. The van der Waals surface area contributed by atoms with Crippen molar-refractivity contribution in [2.24, 2.45) is 9.98 Å². The van der Waals surface area contributed by atoms with Crippen molar-refractivity contribution in [1.29, 1.82) is 0 Å². The van der Waals surface area contributed by atoms with E-state index in [-0.39, 0.29) is 18.0 Å². The molecule has 122 valence electrons. The fraction of sp³-hybridized carbons (Fsp3) is 0.833. The Bertz CT molecular complexity index is 541. The van der Waals surface area contributed by atoms with E-state index >= 15 is 0 Å². The van der Waals surface area contributed by atoms with Gasteiger partial charge in [-0.25, -0.2) is 4.99 Å². The fourth-order valence-corrected chi connectivity index (χ4v) is 2.90. The Balaban J connectivity index is 3.36. The highest BCUT2D eigenvalue weighted by atomic mass is 32.2. The molecule has 0 aromatic heterocycles. The van der Waals surface area contributed by atoms with E-state index < -0.39 is 16.0 Å². The predicted molar refractivity (Wildman–Crippen MR) is 83.5 cm³/mol. The molecular weight excluding hydrogens is 294 g/mol. The fourth-order valence-electron chi connectivity index (χ4n) is 1.92. The molecule has 1 rings (SSSR count). The SMILES string of the molecule is CCC1(C)N=C(NC(C)C)N=C(NC(C)C)N1S(=O)(=O)O. The molecule has 0 aromatic carbocycles. The monoisotopic (exact) mass is 319 g/mol. The maximum Gasteiger partial charge on any atom is 0.364 e. The van der Waals surface area contributed by atoms with Gasteiger partial charge in [0, 0.05) is 12.1 Å². The number of nitrogens with zero attached hydrogens (tertiary/aromatic N) is 3. The van der Waals surface area contributed by atoms with Crippen molar-refractivity contribution < 1.29 is 13.0 Å². The number of nitrogens with one attached hydrogen (secondary N) is 2. The lowest BCUT2D eigenvalue weighted by atomic mass is 10.1. The molecule has 0 amide bonds. The minimum atomic E-state index is -4.49. The van der Waals surface area contributed by atoms with Crippen LogP contribution in [0, 0.1) is 0 Å². The zero-order valence-corrected chi connectivity index (χ0v) is 14.2. The summed E-state index contributed by atoms with van der Waals surface area (Å²) in [6, 6.07) is 0.0543.